The summed E-state index contributed by atoms with van der Waals surface area (Å²) < 4.78 is 7.46. The maximum Gasteiger partial charge on any atom is 0.270 e. The zero-order valence-corrected chi connectivity index (χ0v) is 21.8. The molecule has 0 saturated carbocycles. The number of aromatic nitrogens is 4. The fourth-order valence-electron chi connectivity index (χ4n) is 3.78. The summed E-state index contributed by atoms with van der Waals surface area (Å²) in [5.74, 6) is 1.31. The number of ether oxygens (including phenoxy) is 1. The number of hydrogen-bond donors (Lipinski definition) is 1. The number of aryl methyl sites for hydroxylation is 1. The normalized spacial score (nSPS) is 14.3. The van der Waals surface area contributed by atoms with Crippen molar-refractivity contribution in [1.29, 1.82) is 0 Å². The van der Waals surface area contributed by atoms with Gasteiger partial charge in [-0.05, 0) is 36.1 Å². The first-order valence-corrected chi connectivity index (χ1v) is 14.1. The van der Waals surface area contributed by atoms with Gasteiger partial charge in [0.25, 0.3) is 5.91 Å². The summed E-state index contributed by atoms with van der Waals surface area (Å²) in [6, 6.07) is 12.4. The lowest BCUT2D eigenvalue weighted by Gasteiger charge is -2.26. The van der Waals surface area contributed by atoms with E-state index >= 15 is 0 Å². The van der Waals surface area contributed by atoms with Crippen LogP contribution >= 0.6 is 34.4 Å². The first-order chi connectivity index (χ1) is 17.2. The second kappa shape index (κ2) is 11.4. The molecule has 0 atom stereocenters. The molecular formula is C24H26N6O2S3. The lowest BCUT2D eigenvalue weighted by molar-refractivity contribution is 0.0383. The summed E-state index contributed by atoms with van der Waals surface area (Å²) in [5, 5.41) is 17.5. The fraction of sp³-hybridized carbons (Fsp3) is 0.333. The molecule has 0 radical (unpaired) electrons. The molecule has 1 saturated heterocycles. The molecule has 1 aromatic carbocycles. The molecule has 11 heteroatoms. The number of hydrogen-bond acceptors (Lipinski definition) is 9. The van der Waals surface area contributed by atoms with E-state index in [0.717, 1.165) is 59.4 Å². The van der Waals surface area contributed by atoms with Crippen molar-refractivity contribution < 1.29 is 9.53 Å². The van der Waals surface area contributed by atoms with E-state index in [-0.39, 0.29) is 5.91 Å². The largest absolute Gasteiger partial charge is 0.379 e. The van der Waals surface area contributed by atoms with Gasteiger partial charge in [0.1, 0.15) is 10.7 Å². The van der Waals surface area contributed by atoms with Gasteiger partial charge in [0, 0.05) is 31.6 Å². The van der Waals surface area contributed by atoms with Crippen molar-refractivity contribution in [3.63, 3.8) is 0 Å². The minimum atomic E-state index is -0.131. The number of thiophene rings is 1. The fourth-order valence-corrected chi connectivity index (χ4v) is 6.22. The summed E-state index contributed by atoms with van der Waals surface area (Å²) in [6.45, 7) is 6.84. The predicted molar refractivity (Wildman–Crippen MR) is 141 cm³/mol. The highest BCUT2D eigenvalue weighted by atomic mass is 32.2. The van der Waals surface area contributed by atoms with E-state index in [4.69, 9.17) is 4.74 Å². The maximum atomic E-state index is 12.5. The summed E-state index contributed by atoms with van der Waals surface area (Å²) in [4.78, 5) is 20.5. The predicted octanol–water partition coefficient (Wildman–Crippen LogP) is 4.12. The van der Waals surface area contributed by atoms with Gasteiger partial charge < -0.3 is 10.1 Å². The van der Waals surface area contributed by atoms with E-state index in [0.29, 0.717) is 18.0 Å². The van der Waals surface area contributed by atoms with Crippen molar-refractivity contribution in [2.24, 2.45) is 0 Å². The SMILES string of the molecule is Cc1cccc(-n2c(SCc3nc(C(=O)NCCN4CCOCC4)cs3)nnc2-c2cccs2)c1. The van der Waals surface area contributed by atoms with Crippen LogP contribution in [-0.4, -0.2) is 69.9 Å². The number of amides is 1. The number of nitrogens with one attached hydrogen (secondary N) is 1. The number of nitrogens with zero attached hydrogens (tertiary/aromatic N) is 5. The summed E-state index contributed by atoms with van der Waals surface area (Å²) in [5.41, 5.74) is 2.67. The lowest BCUT2D eigenvalue weighted by Crippen LogP contribution is -2.41. The van der Waals surface area contributed by atoms with Gasteiger partial charge in [0.15, 0.2) is 11.0 Å². The van der Waals surface area contributed by atoms with Crippen molar-refractivity contribution in [3.8, 4) is 16.4 Å². The Labute approximate surface area is 216 Å². The standard InChI is InChI=1S/C24H26N6O2S3/c1-17-4-2-5-18(14-17)30-22(20-6-3-13-33-20)27-28-24(30)35-16-21-26-19(15-34-21)23(31)25-7-8-29-9-11-32-12-10-29/h2-6,13-15H,7-12,16H2,1H3,(H,25,31). The van der Waals surface area contributed by atoms with Gasteiger partial charge in [0.05, 0.1) is 29.5 Å². The summed E-state index contributed by atoms with van der Waals surface area (Å²) in [7, 11) is 0. The number of morpholine rings is 1. The van der Waals surface area contributed by atoms with Gasteiger partial charge in [-0.1, -0.05) is 30.0 Å². The molecule has 3 aromatic heterocycles. The number of rotatable bonds is 9. The van der Waals surface area contributed by atoms with Crippen molar-refractivity contribution >= 4 is 40.3 Å². The second-order valence-electron chi connectivity index (χ2n) is 8.08. The van der Waals surface area contributed by atoms with E-state index in [9.17, 15) is 4.79 Å². The molecule has 4 aromatic rings. The van der Waals surface area contributed by atoms with Crippen LogP contribution in [0.2, 0.25) is 0 Å². The molecule has 4 heterocycles. The van der Waals surface area contributed by atoms with Crippen LogP contribution in [0.4, 0.5) is 0 Å². The zero-order chi connectivity index (χ0) is 24.0. The Hall–Kier alpha value is -2.57. The van der Waals surface area contributed by atoms with Crippen LogP contribution in [0, 0.1) is 6.92 Å². The molecule has 8 nitrogen and oxygen atoms in total. The minimum Gasteiger partial charge on any atom is -0.379 e. The van der Waals surface area contributed by atoms with Crippen LogP contribution in [-0.2, 0) is 10.5 Å². The molecule has 5 rings (SSSR count). The van der Waals surface area contributed by atoms with Gasteiger partial charge in [0.2, 0.25) is 0 Å². The third kappa shape index (κ3) is 5.99. The molecule has 1 fully saturated rings. The highest BCUT2D eigenvalue weighted by molar-refractivity contribution is 7.98. The Bertz CT molecular complexity index is 1260. The van der Waals surface area contributed by atoms with Gasteiger partial charge in [-0.2, -0.15) is 0 Å². The Morgan fingerprint density at radius 3 is 2.86 bits per heavy atom. The van der Waals surface area contributed by atoms with Crippen LogP contribution in [0.3, 0.4) is 0 Å². The highest BCUT2D eigenvalue weighted by Crippen LogP contribution is 2.32. The molecule has 182 valence electrons. The molecular weight excluding hydrogens is 501 g/mol. The molecule has 0 aliphatic carbocycles. The minimum absolute atomic E-state index is 0.131. The lowest BCUT2D eigenvalue weighted by atomic mass is 10.2. The Balaban J connectivity index is 1.24. The number of carbonyl (C=O) groups is 1. The molecule has 0 spiro atoms. The zero-order valence-electron chi connectivity index (χ0n) is 19.3. The third-order valence-corrected chi connectivity index (χ3v) is 8.40. The van der Waals surface area contributed by atoms with Crippen molar-refractivity contribution in [3.05, 3.63) is 63.4 Å². The first kappa shape index (κ1) is 24.1. The van der Waals surface area contributed by atoms with Gasteiger partial charge in [-0.25, -0.2) is 4.98 Å². The number of benzene rings is 1. The van der Waals surface area contributed by atoms with Gasteiger partial charge in [-0.15, -0.1) is 32.9 Å². The van der Waals surface area contributed by atoms with Crippen LogP contribution in [0.15, 0.2) is 52.3 Å². The molecule has 1 amide bonds. The quantitative estimate of drug-likeness (QED) is 0.329. The highest BCUT2D eigenvalue weighted by Gasteiger charge is 2.18. The summed E-state index contributed by atoms with van der Waals surface area (Å²) >= 11 is 4.71. The average Bonchev–Trinajstić information content (AvgIpc) is 3.64. The monoisotopic (exact) mass is 526 g/mol. The van der Waals surface area contributed by atoms with Crippen LogP contribution in [0.25, 0.3) is 16.4 Å². The second-order valence-corrected chi connectivity index (χ2v) is 10.9. The Morgan fingerprint density at radius 1 is 1.17 bits per heavy atom. The number of carbonyl (C=O) groups excluding carboxylic acids is 1. The molecule has 35 heavy (non-hydrogen) atoms. The van der Waals surface area contributed by atoms with E-state index in [1.165, 1.54) is 16.9 Å². The summed E-state index contributed by atoms with van der Waals surface area (Å²) in [6.07, 6.45) is 0. The molecule has 1 N–H and O–H groups in total. The number of thiazole rings is 1. The molecule has 0 unspecified atom stereocenters. The Kier molecular flexibility index (Phi) is 7.89. The van der Waals surface area contributed by atoms with Crippen molar-refractivity contribution in [1.82, 2.24) is 30.0 Å². The third-order valence-electron chi connectivity index (χ3n) is 5.56. The van der Waals surface area contributed by atoms with Gasteiger partial charge in [-0.3, -0.25) is 14.3 Å². The van der Waals surface area contributed by atoms with Crippen molar-refractivity contribution in [2.45, 2.75) is 17.8 Å². The van der Waals surface area contributed by atoms with E-state index < -0.39 is 0 Å². The van der Waals surface area contributed by atoms with E-state index in [1.807, 2.05) is 22.9 Å². The topological polar surface area (TPSA) is 85.2 Å². The van der Waals surface area contributed by atoms with E-state index in [1.54, 1.807) is 23.1 Å². The molecule has 1 aliphatic rings. The van der Waals surface area contributed by atoms with Crippen molar-refractivity contribution in [2.75, 3.05) is 39.4 Å². The Morgan fingerprint density at radius 2 is 2.06 bits per heavy atom. The van der Waals surface area contributed by atoms with Crippen LogP contribution in [0.1, 0.15) is 21.1 Å². The molecule has 1 aliphatic heterocycles. The average molecular weight is 527 g/mol. The smallest absolute Gasteiger partial charge is 0.270 e. The maximum absolute atomic E-state index is 12.5. The van der Waals surface area contributed by atoms with Crippen LogP contribution in [0.5, 0.6) is 0 Å². The number of thioether (sulfide) groups is 1. The van der Waals surface area contributed by atoms with Gasteiger partial charge >= 0.3 is 0 Å². The molecule has 0 bridgehead atoms. The van der Waals surface area contributed by atoms with Crippen LogP contribution < -0.4 is 5.32 Å². The van der Waals surface area contributed by atoms with E-state index in [2.05, 4.69) is 61.2 Å². The first-order valence-electron chi connectivity index (χ1n) is 11.4.